The van der Waals surface area contributed by atoms with Gasteiger partial charge in [-0.2, -0.15) is 0 Å². The van der Waals surface area contributed by atoms with Crippen molar-refractivity contribution in [2.24, 2.45) is 10.7 Å². The van der Waals surface area contributed by atoms with Gasteiger partial charge in [-0.3, -0.25) is 5.41 Å². The van der Waals surface area contributed by atoms with Crippen LogP contribution >= 0.6 is 23.2 Å². The highest BCUT2D eigenvalue weighted by molar-refractivity contribution is 6.30. The Balaban J connectivity index is 2.28. The minimum absolute atomic E-state index is 0.00488. The predicted octanol–water partition coefficient (Wildman–Crippen LogP) is 2.51. The van der Waals surface area contributed by atoms with E-state index in [2.05, 4.69) is 15.0 Å². The first-order valence-electron chi connectivity index (χ1n) is 5.23. The lowest BCUT2D eigenvalue weighted by molar-refractivity contribution is 1.30. The molecule has 0 fully saturated rings. The van der Waals surface area contributed by atoms with Gasteiger partial charge >= 0.3 is 0 Å². The largest absolute Gasteiger partial charge is 0.383 e. The molecule has 2 rings (SSSR count). The molecule has 3 N–H and O–H groups in total. The minimum Gasteiger partial charge on any atom is -0.383 e. The fraction of sp³-hybridized carbons (Fsp3) is 0. The Bertz CT molecular complexity index is 654. The van der Waals surface area contributed by atoms with Crippen LogP contribution in [0.3, 0.4) is 0 Å². The van der Waals surface area contributed by atoms with Crippen LogP contribution < -0.4 is 5.73 Å². The van der Waals surface area contributed by atoms with E-state index in [1.165, 1.54) is 12.4 Å². The Morgan fingerprint density at radius 1 is 1.05 bits per heavy atom. The molecule has 0 atom stereocenters. The summed E-state index contributed by atoms with van der Waals surface area (Å²) in [4.78, 5) is 11.7. The molecule has 0 aliphatic carbocycles. The highest BCUT2D eigenvalue weighted by Crippen LogP contribution is 2.10. The molecule has 0 aromatic carbocycles. The SMILES string of the molecule is N=C(N=C(N)c1ccnc(Cl)c1)c1ccnc(Cl)c1. The second-order valence-corrected chi connectivity index (χ2v) is 4.35. The summed E-state index contributed by atoms with van der Waals surface area (Å²) in [5.74, 6) is 0.178. The normalized spacial score (nSPS) is 11.4. The first-order chi connectivity index (χ1) is 9.06. The van der Waals surface area contributed by atoms with E-state index < -0.39 is 0 Å². The average molecular weight is 294 g/mol. The van der Waals surface area contributed by atoms with Gasteiger partial charge in [-0.15, -0.1) is 0 Å². The number of halogens is 2. The van der Waals surface area contributed by atoms with E-state index >= 15 is 0 Å². The summed E-state index contributed by atoms with van der Waals surface area (Å²) in [7, 11) is 0. The summed E-state index contributed by atoms with van der Waals surface area (Å²) in [6, 6.07) is 6.41. The molecule has 96 valence electrons. The quantitative estimate of drug-likeness (QED) is 0.506. The maximum absolute atomic E-state index is 7.86. The third kappa shape index (κ3) is 3.49. The van der Waals surface area contributed by atoms with Gasteiger partial charge in [0.2, 0.25) is 0 Å². The molecule has 0 bridgehead atoms. The number of nitrogens with two attached hydrogens (primary N) is 1. The molecule has 0 radical (unpaired) electrons. The van der Waals surface area contributed by atoms with Crippen LogP contribution in [0.5, 0.6) is 0 Å². The van der Waals surface area contributed by atoms with E-state index in [0.717, 1.165) is 0 Å². The van der Waals surface area contributed by atoms with Crippen molar-refractivity contribution in [3.8, 4) is 0 Å². The van der Waals surface area contributed by atoms with Crippen LogP contribution in [0.25, 0.3) is 0 Å². The predicted molar refractivity (Wildman–Crippen MR) is 76.0 cm³/mol. The number of amidine groups is 2. The van der Waals surface area contributed by atoms with Crippen molar-refractivity contribution in [2.45, 2.75) is 0 Å². The fourth-order valence-electron chi connectivity index (χ4n) is 1.36. The standard InChI is InChI=1S/C12H9Cl2N5/c13-9-5-7(1-3-17-9)11(15)19-12(16)8-2-4-18-10(14)6-8/h1-6H,(H3,15,16,19). The molecule has 2 aromatic rings. The van der Waals surface area contributed by atoms with Crippen LogP contribution in [0.15, 0.2) is 41.7 Å². The van der Waals surface area contributed by atoms with Crippen LogP contribution in [0, 0.1) is 5.41 Å². The van der Waals surface area contributed by atoms with Crippen molar-refractivity contribution in [3.63, 3.8) is 0 Å². The summed E-state index contributed by atoms with van der Waals surface area (Å²) in [6.07, 6.45) is 3.02. The van der Waals surface area contributed by atoms with Crippen LogP contribution in [0.1, 0.15) is 11.1 Å². The second-order valence-electron chi connectivity index (χ2n) is 3.58. The van der Waals surface area contributed by atoms with Gasteiger partial charge in [0.05, 0.1) is 0 Å². The molecule has 0 spiro atoms. The Kier molecular flexibility index (Phi) is 4.09. The van der Waals surface area contributed by atoms with Crippen LogP contribution in [0.4, 0.5) is 0 Å². The van der Waals surface area contributed by atoms with Crippen molar-refractivity contribution in [1.82, 2.24) is 9.97 Å². The van der Waals surface area contributed by atoms with E-state index in [0.29, 0.717) is 21.4 Å². The van der Waals surface area contributed by atoms with Crippen LogP contribution in [-0.4, -0.2) is 21.6 Å². The van der Waals surface area contributed by atoms with Gasteiger partial charge in [0.15, 0.2) is 5.84 Å². The van der Waals surface area contributed by atoms with Gasteiger partial charge in [-0.05, 0) is 24.3 Å². The summed E-state index contributed by atoms with van der Waals surface area (Å²) in [5, 5.41) is 8.47. The molecule has 5 nitrogen and oxygen atoms in total. The Morgan fingerprint density at radius 3 is 2.16 bits per heavy atom. The highest BCUT2D eigenvalue weighted by atomic mass is 35.5. The molecule has 0 amide bonds. The molecule has 0 aliphatic rings. The second kappa shape index (κ2) is 5.77. The third-order valence-electron chi connectivity index (χ3n) is 2.25. The van der Waals surface area contributed by atoms with E-state index in [4.69, 9.17) is 34.3 Å². The fourth-order valence-corrected chi connectivity index (χ4v) is 1.71. The van der Waals surface area contributed by atoms with Crippen molar-refractivity contribution in [3.05, 3.63) is 58.1 Å². The highest BCUT2D eigenvalue weighted by Gasteiger charge is 2.05. The molecule has 0 saturated heterocycles. The van der Waals surface area contributed by atoms with Crippen LogP contribution in [-0.2, 0) is 0 Å². The van der Waals surface area contributed by atoms with Gasteiger partial charge in [-0.1, -0.05) is 23.2 Å². The van der Waals surface area contributed by atoms with Crippen molar-refractivity contribution in [2.75, 3.05) is 0 Å². The van der Waals surface area contributed by atoms with Gasteiger partial charge in [0.1, 0.15) is 16.1 Å². The zero-order valence-electron chi connectivity index (χ0n) is 9.64. The topological polar surface area (TPSA) is 88.0 Å². The monoisotopic (exact) mass is 293 g/mol. The van der Waals surface area contributed by atoms with E-state index in [9.17, 15) is 0 Å². The average Bonchev–Trinajstić information content (AvgIpc) is 2.38. The van der Waals surface area contributed by atoms with E-state index in [-0.39, 0.29) is 11.7 Å². The number of hydrogen-bond donors (Lipinski definition) is 2. The lowest BCUT2D eigenvalue weighted by Crippen LogP contribution is -2.16. The van der Waals surface area contributed by atoms with Crippen molar-refractivity contribution in [1.29, 1.82) is 5.41 Å². The maximum atomic E-state index is 7.86. The molecular formula is C12H9Cl2N5. The molecule has 2 aromatic heterocycles. The minimum atomic E-state index is -0.00488. The summed E-state index contributed by atoms with van der Waals surface area (Å²) >= 11 is 11.5. The lowest BCUT2D eigenvalue weighted by atomic mass is 10.2. The summed E-state index contributed by atoms with van der Waals surface area (Å²) in [5.41, 5.74) is 6.95. The van der Waals surface area contributed by atoms with Gasteiger partial charge in [0, 0.05) is 23.5 Å². The molecule has 0 aliphatic heterocycles. The van der Waals surface area contributed by atoms with Gasteiger partial charge in [-0.25, -0.2) is 15.0 Å². The van der Waals surface area contributed by atoms with Gasteiger partial charge < -0.3 is 5.73 Å². The Morgan fingerprint density at radius 2 is 1.58 bits per heavy atom. The number of hydrogen-bond acceptors (Lipinski definition) is 3. The number of aliphatic imine (C=N–C) groups is 1. The first-order valence-corrected chi connectivity index (χ1v) is 5.98. The number of nitrogens with zero attached hydrogens (tertiary/aromatic N) is 3. The first kappa shape index (κ1) is 13.5. The molecule has 7 heteroatoms. The lowest BCUT2D eigenvalue weighted by Gasteiger charge is -2.03. The molecule has 0 saturated carbocycles. The van der Waals surface area contributed by atoms with E-state index in [1.807, 2.05) is 0 Å². The summed E-state index contributed by atoms with van der Waals surface area (Å²) < 4.78 is 0. The zero-order chi connectivity index (χ0) is 13.8. The third-order valence-corrected chi connectivity index (χ3v) is 2.67. The molecule has 0 unspecified atom stereocenters. The van der Waals surface area contributed by atoms with E-state index in [1.54, 1.807) is 24.3 Å². The Hall–Kier alpha value is -1.98. The van der Waals surface area contributed by atoms with Gasteiger partial charge in [0.25, 0.3) is 0 Å². The summed E-state index contributed by atoms with van der Waals surface area (Å²) in [6.45, 7) is 0. The molecular weight excluding hydrogens is 285 g/mol. The molecule has 19 heavy (non-hydrogen) atoms. The number of nitrogens with one attached hydrogen (secondary N) is 1. The number of rotatable bonds is 2. The van der Waals surface area contributed by atoms with Crippen molar-refractivity contribution < 1.29 is 0 Å². The number of pyridine rings is 2. The number of aromatic nitrogens is 2. The zero-order valence-corrected chi connectivity index (χ0v) is 11.2. The molecule has 2 heterocycles. The van der Waals surface area contributed by atoms with Crippen LogP contribution in [0.2, 0.25) is 10.3 Å². The maximum Gasteiger partial charge on any atom is 0.154 e. The van der Waals surface area contributed by atoms with Crippen molar-refractivity contribution >= 4 is 34.9 Å². The Labute approximate surface area is 119 Å². The smallest absolute Gasteiger partial charge is 0.154 e.